The zero-order chi connectivity index (χ0) is 24.8. The Morgan fingerprint density at radius 2 is 1.74 bits per heavy atom. The number of hydrogen-bond acceptors (Lipinski definition) is 4. The van der Waals surface area contributed by atoms with Gasteiger partial charge in [0.1, 0.15) is 11.6 Å². The Labute approximate surface area is 191 Å². The monoisotopic (exact) mass is 474 g/mol. The lowest BCUT2D eigenvalue weighted by atomic mass is 9.88. The number of alkyl halides is 3. The topological polar surface area (TPSA) is 93.5 Å². The van der Waals surface area contributed by atoms with Crippen molar-refractivity contribution in [3.8, 4) is 6.07 Å². The van der Waals surface area contributed by atoms with Crippen LogP contribution in [0.4, 0.5) is 33.7 Å². The molecule has 1 aliphatic carbocycles. The van der Waals surface area contributed by atoms with E-state index in [1.165, 1.54) is 36.2 Å². The van der Waals surface area contributed by atoms with Gasteiger partial charge in [-0.1, -0.05) is 0 Å². The van der Waals surface area contributed by atoms with E-state index in [0.29, 0.717) is 0 Å². The lowest BCUT2D eigenvalue weighted by molar-refractivity contribution is -0.137. The van der Waals surface area contributed by atoms with Gasteiger partial charge in [-0.25, -0.2) is 9.18 Å². The fraction of sp³-hybridized carbons (Fsp3) is 0.304. The van der Waals surface area contributed by atoms with Gasteiger partial charge in [0.2, 0.25) is 0 Å². The third-order valence-corrected chi connectivity index (χ3v) is 6.09. The maximum atomic E-state index is 14.6. The van der Waals surface area contributed by atoms with Crippen molar-refractivity contribution in [3.63, 3.8) is 0 Å². The van der Waals surface area contributed by atoms with Crippen molar-refractivity contribution in [1.82, 2.24) is 5.32 Å². The number of nitrogens with zero attached hydrogens (tertiary/aromatic N) is 3. The smallest absolute Gasteiger partial charge is 0.355 e. The normalized spacial score (nSPS) is 20.2. The summed E-state index contributed by atoms with van der Waals surface area (Å²) in [6.07, 6.45) is -4.50. The SMILES string of the molecule is CNC(=O)c1ccc(N2C(=O)N(c3ccc(C#N)c(C(F)(F)F)c3)C3CCC(=O)C[C@@H]32)cc1F. The number of rotatable bonds is 3. The lowest BCUT2D eigenvalue weighted by Crippen LogP contribution is -2.43. The maximum Gasteiger partial charge on any atom is 0.417 e. The number of anilines is 2. The van der Waals surface area contributed by atoms with Gasteiger partial charge in [-0.15, -0.1) is 0 Å². The van der Waals surface area contributed by atoms with E-state index in [1.807, 2.05) is 0 Å². The molecule has 1 heterocycles. The highest BCUT2D eigenvalue weighted by atomic mass is 19.4. The van der Waals surface area contributed by atoms with E-state index in [4.69, 9.17) is 5.26 Å². The van der Waals surface area contributed by atoms with Crippen LogP contribution in [0.2, 0.25) is 0 Å². The highest BCUT2D eigenvalue weighted by molar-refractivity contribution is 6.09. The molecule has 2 aromatic rings. The molecule has 176 valence electrons. The minimum absolute atomic E-state index is 0.0475. The minimum atomic E-state index is -4.82. The van der Waals surface area contributed by atoms with E-state index in [1.54, 1.807) is 0 Å². The van der Waals surface area contributed by atoms with Crippen LogP contribution in [0.15, 0.2) is 36.4 Å². The van der Waals surface area contributed by atoms with Crippen LogP contribution in [-0.2, 0) is 11.0 Å². The third kappa shape index (κ3) is 3.85. The molecule has 1 unspecified atom stereocenters. The fourth-order valence-electron chi connectivity index (χ4n) is 4.53. The van der Waals surface area contributed by atoms with Crippen molar-refractivity contribution >= 4 is 29.1 Å². The molecular weight excluding hydrogens is 456 g/mol. The molecular formula is C23H18F4N4O3. The van der Waals surface area contributed by atoms with E-state index >= 15 is 0 Å². The van der Waals surface area contributed by atoms with Crippen molar-refractivity contribution in [2.24, 2.45) is 0 Å². The average molecular weight is 474 g/mol. The highest BCUT2D eigenvalue weighted by Crippen LogP contribution is 2.41. The molecule has 1 saturated heterocycles. The van der Waals surface area contributed by atoms with Crippen LogP contribution in [0.3, 0.4) is 0 Å². The average Bonchev–Trinajstić information content (AvgIpc) is 3.08. The van der Waals surface area contributed by atoms with Gasteiger partial charge in [0.05, 0.1) is 34.8 Å². The molecule has 0 radical (unpaired) electrons. The number of amides is 3. The van der Waals surface area contributed by atoms with Crippen LogP contribution in [0, 0.1) is 17.1 Å². The number of fused-ring (bicyclic) bond motifs is 1. The number of nitriles is 1. The molecule has 2 aromatic carbocycles. The van der Waals surface area contributed by atoms with E-state index in [9.17, 15) is 31.9 Å². The third-order valence-electron chi connectivity index (χ3n) is 6.09. The molecule has 2 atom stereocenters. The summed E-state index contributed by atoms with van der Waals surface area (Å²) in [6.45, 7) is 0. The second-order valence-corrected chi connectivity index (χ2v) is 8.02. The zero-order valence-electron chi connectivity index (χ0n) is 17.8. The van der Waals surface area contributed by atoms with Crippen LogP contribution < -0.4 is 15.1 Å². The van der Waals surface area contributed by atoms with Gasteiger partial charge < -0.3 is 5.32 Å². The fourth-order valence-corrected chi connectivity index (χ4v) is 4.53. The van der Waals surface area contributed by atoms with Crippen molar-refractivity contribution in [1.29, 1.82) is 5.26 Å². The molecule has 2 fully saturated rings. The first kappa shape index (κ1) is 23.2. The Hall–Kier alpha value is -3.94. The van der Waals surface area contributed by atoms with Crippen molar-refractivity contribution in [3.05, 3.63) is 58.9 Å². The summed E-state index contributed by atoms with van der Waals surface area (Å²) in [4.78, 5) is 39.8. The number of carbonyl (C=O) groups excluding carboxylic acids is 3. The first-order valence-electron chi connectivity index (χ1n) is 10.3. The molecule has 4 rings (SSSR count). The quantitative estimate of drug-likeness (QED) is 0.681. The lowest BCUT2D eigenvalue weighted by Gasteiger charge is -2.31. The standard InChI is InChI=1S/C23H18F4N4O3/c1-29-21(33)16-6-4-14(9-18(16)24)31-20-10-15(32)5-7-19(20)30(22(31)34)13-3-2-12(11-28)17(8-13)23(25,26)27/h2-4,6,8-9,19-20H,5,7,10H2,1H3,(H,29,33)/t19?,20-/m0/s1. The second-order valence-electron chi connectivity index (χ2n) is 8.02. The van der Waals surface area contributed by atoms with Crippen molar-refractivity contribution in [2.45, 2.75) is 37.5 Å². The molecule has 0 spiro atoms. The summed E-state index contributed by atoms with van der Waals surface area (Å²) < 4.78 is 55.2. The Morgan fingerprint density at radius 1 is 1.09 bits per heavy atom. The number of benzene rings is 2. The summed E-state index contributed by atoms with van der Waals surface area (Å²) in [6, 6.07) is 5.92. The number of hydrogen-bond donors (Lipinski definition) is 1. The van der Waals surface area contributed by atoms with E-state index in [2.05, 4.69) is 5.32 Å². The number of nitrogens with one attached hydrogen (secondary N) is 1. The molecule has 1 saturated carbocycles. The number of urea groups is 1. The Balaban J connectivity index is 1.80. The number of carbonyl (C=O) groups is 3. The molecule has 3 amide bonds. The molecule has 0 aromatic heterocycles. The molecule has 7 nitrogen and oxygen atoms in total. The van der Waals surface area contributed by atoms with Gasteiger partial charge in [-0.05, 0) is 42.8 Å². The second kappa shape index (κ2) is 8.44. The predicted octanol–water partition coefficient (Wildman–Crippen LogP) is 4.01. The Morgan fingerprint density at radius 3 is 2.35 bits per heavy atom. The van der Waals surface area contributed by atoms with E-state index < -0.39 is 47.1 Å². The van der Waals surface area contributed by atoms with Crippen LogP contribution in [0.1, 0.15) is 40.7 Å². The summed E-state index contributed by atoms with van der Waals surface area (Å²) in [5.74, 6) is -1.68. The van der Waals surface area contributed by atoms with Gasteiger partial charge in [0.25, 0.3) is 5.91 Å². The van der Waals surface area contributed by atoms with Gasteiger partial charge in [-0.2, -0.15) is 18.4 Å². The zero-order valence-corrected chi connectivity index (χ0v) is 17.8. The number of ketones is 1. The van der Waals surface area contributed by atoms with Gasteiger partial charge in [-0.3, -0.25) is 19.4 Å². The largest absolute Gasteiger partial charge is 0.417 e. The number of Topliss-reactive ketones (excluding diaryl/α,β-unsaturated/α-hetero) is 1. The van der Waals surface area contributed by atoms with Crippen LogP contribution >= 0.6 is 0 Å². The van der Waals surface area contributed by atoms with Crippen LogP contribution in [-0.4, -0.2) is 36.9 Å². The molecule has 1 N–H and O–H groups in total. The highest BCUT2D eigenvalue weighted by Gasteiger charge is 2.50. The molecule has 1 aliphatic heterocycles. The summed E-state index contributed by atoms with van der Waals surface area (Å²) in [7, 11) is 1.34. The molecule has 11 heteroatoms. The van der Waals surface area contributed by atoms with Gasteiger partial charge in [0, 0.05) is 31.3 Å². The Bertz CT molecular complexity index is 1240. The van der Waals surface area contributed by atoms with E-state index in [0.717, 1.165) is 23.1 Å². The summed E-state index contributed by atoms with van der Waals surface area (Å²) >= 11 is 0. The van der Waals surface area contributed by atoms with Crippen molar-refractivity contribution < 1.29 is 31.9 Å². The number of halogens is 4. The molecule has 2 aliphatic rings. The van der Waals surface area contributed by atoms with Crippen molar-refractivity contribution in [2.75, 3.05) is 16.8 Å². The Kier molecular flexibility index (Phi) is 5.77. The van der Waals surface area contributed by atoms with E-state index in [-0.39, 0.29) is 42.0 Å². The van der Waals surface area contributed by atoms with Gasteiger partial charge >= 0.3 is 12.2 Å². The molecule has 34 heavy (non-hydrogen) atoms. The van der Waals surface area contributed by atoms with Crippen LogP contribution in [0.5, 0.6) is 0 Å². The predicted molar refractivity (Wildman–Crippen MR) is 113 cm³/mol. The molecule has 0 bridgehead atoms. The van der Waals surface area contributed by atoms with Crippen LogP contribution in [0.25, 0.3) is 0 Å². The first-order valence-corrected chi connectivity index (χ1v) is 10.3. The summed E-state index contributed by atoms with van der Waals surface area (Å²) in [5, 5.41) is 11.4. The maximum absolute atomic E-state index is 14.6. The van der Waals surface area contributed by atoms with Gasteiger partial charge in [0.15, 0.2) is 0 Å². The minimum Gasteiger partial charge on any atom is -0.355 e. The summed E-state index contributed by atoms with van der Waals surface area (Å²) in [5.41, 5.74) is -2.00. The first-order chi connectivity index (χ1) is 16.1.